The second-order valence-corrected chi connectivity index (χ2v) is 4.16. The molecule has 0 aliphatic heterocycles. The predicted molar refractivity (Wildman–Crippen MR) is 56.5 cm³/mol. The Morgan fingerprint density at radius 1 is 1.50 bits per heavy atom. The molecule has 1 rings (SSSR count). The summed E-state index contributed by atoms with van der Waals surface area (Å²) in [5.74, 6) is 1.67. The molecule has 0 unspecified atom stereocenters. The van der Waals surface area contributed by atoms with E-state index in [1.807, 2.05) is 6.92 Å². The van der Waals surface area contributed by atoms with Crippen molar-refractivity contribution in [2.45, 2.75) is 40.0 Å². The van der Waals surface area contributed by atoms with Crippen molar-refractivity contribution in [2.24, 2.45) is 5.92 Å². The highest BCUT2D eigenvalue weighted by Gasteiger charge is 2.08. The molecule has 0 saturated carbocycles. The minimum Gasteiger partial charge on any atom is -0.469 e. The summed E-state index contributed by atoms with van der Waals surface area (Å²) >= 11 is 0. The second-order valence-electron chi connectivity index (χ2n) is 4.16. The average Bonchev–Trinajstić information content (AvgIpc) is 2.51. The largest absolute Gasteiger partial charge is 0.469 e. The predicted octanol–water partition coefficient (Wildman–Crippen LogP) is 3.60. The van der Waals surface area contributed by atoms with Gasteiger partial charge in [-0.2, -0.15) is 0 Å². The van der Waals surface area contributed by atoms with Gasteiger partial charge in [-0.25, -0.2) is 0 Å². The number of hydrogen-bond donors (Lipinski definition) is 0. The minimum atomic E-state index is 0.197. The van der Waals surface area contributed by atoms with Crippen LogP contribution in [0.25, 0.3) is 0 Å². The molecule has 0 atom stereocenters. The summed E-state index contributed by atoms with van der Waals surface area (Å²) < 4.78 is 5.09. The molecule has 2 heteroatoms. The van der Waals surface area contributed by atoms with Gasteiger partial charge in [0.25, 0.3) is 0 Å². The Kier molecular flexibility index (Phi) is 3.93. The van der Waals surface area contributed by atoms with Gasteiger partial charge in [-0.3, -0.25) is 4.79 Å². The molecule has 0 saturated heterocycles. The Morgan fingerprint density at radius 2 is 2.21 bits per heavy atom. The van der Waals surface area contributed by atoms with Crippen LogP contribution in [0.4, 0.5) is 0 Å². The summed E-state index contributed by atoms with van der Waals surface area (Å²) in [5, 5.41) is 0. The lowest BCUT2D eigenvalue weighted by Crippen LogP contribution is -1.98. The lowest BCUT2D eigenvalue weighted by atomic mass is 10.0. The Balaban J connectivity index is 2.36. The quantitative estimate of drug-likeness (QED) is 0.670. The lowest BCUT2D eigenvalue weighted by Gasteiger charge is -2.02. The Labute approximate surface area is 85.3 Å². The van der Waals surface area contributed by atoms with Gasteiger partial charge in [0.05, 0.1) is 5.56 Å². The van der Waals surface area contributed by atoms with Gasteiger partial charge in [-0.05, 0) is 25.3 Å². The molecule has 1 aromatic heterocycles. The van der Waals surface area contributed by atoms with Crippen molar-refractivity contribution in [3.05, 3.63) is 23.7 Å². The first-order valence-corrected chi connectivity index (χ1v) is 5.18. The zero-order valence-electron chi connectivity index (χ0n) is 9.17. The molecule has 2 nitrogen and oxygen atoms in total. The fraction of sp³-hybridized carbons (Fsp3) is 0.583. The van der Waals surface area contributed by atoms with Gasteiger partial charge >= 0.3 is 0 Å². The van der Waals surface area contributed by atoms with Crippen molar-refractivity contribution in [3.8, 4) is 0 Å². The third kappa shape index (κ3) is 3.36. The monoisotopic (exact) mass is 194 g/mol. The first-order valence-electron chi connectivity index (χ1n) is 5.18. The van der Waals surface area contributed by atoms with Crippen LogP contribution in [0.2, 0.25) is 0 Å². The van der Waals surface area contributed by atoms with E-state index < -0.39 is 0 Å². The fourth-order valence-electron chi connectivity index (χ4n) is 1.40. The summed E-state index contributed by atoms with van der Waals surface area (Å²) in [6.07, 6.45) is 4.27. The van der Waals surface area contributed by atoms with Crippen molar-refractivity contribution in [1.29, 1.82) is 0 Å². The molecular formula is C12H18O2. The fourth-order valence-corrected chi connectivity index (χ4v) is 1.40. The second kappa shape index (κ2) is 4.99. The molecule has 1 aromatic rings. The van der Waals surface area contributed by atoms with Gasteiger partial charge in [0, 0.05) is 6.42 Å². The number of carbonyl (C=O) groups excluding carboxylic acids is 1. The van der Waals surface area contributed by atoms with Crippen molar-refractivity contribution >= 4 is 5.78 Å². The molecule has 14 heavy (non-hydrogen) atoms. The van der Waals surface area contributed by atoms with Crippen LogP contribution in [-0.2, 0) is 0 Å². The summed E-state index contributed by atoms with van der Waals surface area (Å²) in [5.41, 5.74) is 0.714. The van der Waals surface area contributed by atoms with E-state index in [1.165, 1.54) is 0 Å². The molecular weight excluding hydrogens is 176 g/mol. The van der Waals surface area contributed by atoms with Crippen LogP contribution >= 0.6 is 0 Å². The van der Waals surface area contributed by atoms with Crippen LogP contribution in [0, 0.1) is 12.8 Å². The summed E-state index contributed by atoms with van der Waals surface area (Å²) in [6, 6.07) is 1.80. The van der Waals surface area contributed by atoms with E-state index in [2.05, 4.69) is 13.8 Å². The van der Waals surface area contributed by atoms with E-state index in [9.17, 15) is 4.79 Å². The summed E-state index contributed by atoms with van der Waals surface area (Å²) in [4.78, 5) is 11.6. The number of furan rings is 1. The van der Waals surface area contributed by atoms with Crippen LogP contribution in [0.15, 0.2) is 16.7 Å². The normalized spacial score (nSPS) is 10.9. The maximum absolute atomic E-state index is 11.6. The Hall–Kier alpha value is -1.05. The molecule has 1 heterocycles. The van der Waals surface area contributed by atoms with Crippen molar-refractivity contribution < 1.29 is 9.21 Å². The van der Waals surface area contributed by atoms with Crippen molar-refractivity contribution in [2.75, 3.05) is 0 Å². The minimum absolute atomic E-state index is 0.197. The molecule has 0 aliphatic carbocycles. The number of carbonyl (C=O) groups is 1. The first kappa shape index (κ1) is 11.0. The molecule has 0 aromatic carbocycles. The van der Waals surface area contributed by atoms with Crippen LogP contribution in [0.3, 0.4) is 0 Å². The Morgan fingerprint density at radius 3 is 2.71 bits per heavy atom. The molecule has 0 spiro atoms. The molecule has 78 valence electrons. The summed E-state index contributed by atoms with van der Waals surface area (Å²) in [6.45, 7) is 6.20. The number of aryl methyl sites for hydroxylation is 1. The smallest absolute Gasteiger partial charge is 0.166 e. The lowest BCUT2D eigenvalue weighted by molar-refractivity contribution is 0.0977. The van der Waals surface area contributed by atoms with Gasteiger partial charge in [0.2, 0.25) is 0 Å². The van der Waals surface area contributed by atoms with E-state index in [0.29, 0.717) is 17.9 Å². The van der Waals surface area contributed by atoms with E-state index in [0.717, 1.165) is 18.6 Å². The Bertz CT molecular complexity index is 297. The topological polar surface area (TPSA) is 30.2 Å². The molecule has 0 N–H and O–H groups in total. The van der Waals surface area contributed by atoms with E-state index in [4.69, 9.17) is 4.42 Å². The zero-order chi connectivity index (χ0) is 10.6. The number of Topliss-reactive ketones (excluding diaryl/α,β-unsaturated/α-hetero) is 1. The van der Waals surface area contributed by atoms with Gasteiger partial charge in [-0.1, -0.05) is 20.3 Å². The molecule has 0 amide bonds. The maximum atomic E-state index is 11.6. The van der Waals surface area contributed by atoms with E-state index >= 15 is 0 Å². The average molecular weight is 194 g/mol. The molecule has 0 bridgehead atoms. The van der Waals surface area contributed by atoms with Crippen LogP contribution < -0.4 is 0 Å². The number of ketones is 1. The highest BCUT2D eigenvalue weighted by molar-refractivity contribution is 5.95. The third-order valence-electron chi connectivity index (χ3n) is 2.24. The van der Waals surface area contributed by atoms with E-state index in [-0.39, 0.29) is 5.78 Å². The third-order valence-corrected chi connectivity index (χ3v) is 2.24. The van der Waals surface area contributed by atoms with Gasteiger partial charge in [-0.15, -0.1) is 0 Å². The highest BCUT2D eigenvalue weighted by Crippen LogP contribution is 2.13. The van der Waals surface area contributed by atoms with Crippen LogP contribution in [0.1, 0.15) is 49.2 Å². The zero-order valence-corrected chi connectivity index (χ0v) is 9.17. The van der Waals surface area contributed by atoms with Crippen LogP contribution in [-0.4, -0.2) is 5.78 Å². The van der Waals surface area contributed by atoms with Gasteiger partial charge < -0.3 is 4.42 Å². The highest BCUT2D eigenvalue weighted by atomic mass is 16.3. The molecule has 0 fully saturated rings. The molecule has 0 aliphatic rings. The van der Waals surface area contributed by atoms with Gasteiger partial charge in [0.1, 0.15) is 12.0 Å². The van der Waals surface area contributed by atoms with Crippen molar-refractivity contribution in [1.82, 2.24) is 0 Å². The van der Waals surface area contributed by atoms with Crippen LogP contribution in [0.5, 0.6) is 0 Å². The number of hydrogen-bond acceptors (Lipinski definition) is 2. The van der Waals surface area contributed by atoms with E-state index in [1.54, 1.807) is 12.3 Å². The van der Waals surface area contributed by atoms with Crippen molar-refractivity contribution in [3.63, 3.8) is 0 Å². The molecule has 0 radical (unpaired) electrons. The SMILES string of the molecule is Cc1cc(C(=O)CCCC(C)C)co1. The summed E-state index contributed by atoms with van der Waals surface area (Å²) in [7, 11) is 0. The first-order chi connectivity index (χ1) is 6.59. The number of rotatable bonds is 5. The standard InChI is InChI=1S/C12H18O2/c1-9(2)5-4-6-12(13)11-7-10(3)14-8-11/h7-9H,4-6H2,1-3H3. The maximum Gasteiger partial charge on any atom is 0.166 e. The van der Waals surface area contributed by atoms with Gasteiger partial charge in [0.15, 0.2) is 5.78 Å².